The molecule has 1 aliphatic heterocycles. The van der Waals surface area contributed by atoms with Gasteiger partial charge in [-0.25, -0.2) is 8.42 Å². The van der Waals surface area contributed by atoms with Crippen LogP contribution in [0.5, 0.6) is 0 Å². The minimum atomic E-state index is -3.59. The summed E-state index contributed by atoms with van der Waals surface area (Å²) in [4.78, 5) is 14.9. The second-order valence-corrected chi connectivity index (χ2v) is 10.5. The molecule has 0 unspecified atom stereocenters. The van der Waals surface area contributed by atoms with Crippen molar-refractivity contribution in [2.24, 2.45) is 0 Å². The number of piperazine rings is 1. The van der Waals surface area contributed by atoms with Crippen molar-refractivity contribution in [1.29, 1.82) is 0 Å². The van der Waals surface area contributed by atoms with E-state index >= 15 is 0 Å². The van der Waals surface area contributed by atoms with Crippen LogP contribution in [0.15, 0.2) is 57.9 Å². The minimum absolute atomic E-state index is 0.181. The van der Waals surface area contributed by atoms with Crippen molar-refractivity contribution < 1.29 is 13.2 Å². The molecule has 162 valence electrons. The third-order valence-corrected chi connectivity index (χ3v) is 8.01. The first-order valence-corrected chi connectivity index (χ1v) is 12.2. The molecule has 0 spiro atoms. The van der Waals surface area contributed by atoms with E-state index in [1.807, 2.05) is 37.3 Å². The van der Waals surface area contributed by atoms with Crippen molar-refractivity contribution in [3.05, 3.63) is 69.8 Å². The van der Waals surface area contributed by atoms with E-state index in [1.165, 1.54) is 4.31 Å². The Hall–Kier alpha value is -2.49. The number of hydrogen-bond acceptors (Lipinski definition) is 4. The van der Waals surface area contributed by atoms with E-state index in [9.17, 15) is 13.2 Å². The number of rotatable bonds is 4. The second kappa shape index (κ2) is 8.57. The van der Waals surface area contributed by atoms with Crippen LogP contribution in [0.2, 0.25) is 0 Å². The Balaban J connectivity index is 1.44. The average molecular weight is 503 g/mol. The topological polar surface area (TPSA) is 86.4 Å². The fourth-order valence-electron chi connectivity index (χ4n) is 3.73. The molecule has 4 rings (SSSR count). The maximum atomic E-state index is 13.1. The van der Waals surface area contributed by atoms with E-state index < -0.39 is 10.0 Å². The standard InChI is InChI=1S/C22H23BrN4O3S/c1-15-3-8-21(16(2)13-15)31(29,30)27-11-9-26(10-12-27)22(28)20-14-19(24-25-20)17-4-6-18(23)7-5-17/h3-8,13-14H,9-12H2,1-2H3,(H,24,25). The summed E-state index contributed by atoms with van der Waals surface area (Å²) in [6.07, 6.45) is 0. The number of nitrogens with zero attached hydrogens (tertiary/aromatic N) is 3. The van der Waals surface area contributed by atoms with Gasteiger partial charge in [0, 0.05) is 36.2 Å². The van der Waals surface area contributed by atoms with Crippen LogP contribution in [0.4, 0.5) is 0 Å². The number of halogens is 1. The largest absolute Gasteiger partial charge is 0.335 e. The Labute approximate surface area is 190 Å². The van der Waals surface area contributed by atoms with Gasteiger partial charge in [0.1, 0.15) is 5.69 Å². The van der Waals surface area contributed by atoms with Crippen LogP contribution in [0.1, 0.15) is 21.6 Å². The van der Waals surface area contributed by atoms with Crippen molar-refractivity contribution in [3.63, 3.8) is 0 Å². The van der Waals surface area contributed by atoms with Crippen LogP contribution in [-0.4, -0.2) is 59.9 Å². The number of amides is 1. The molecule has 9 heteroatoms. The lowest BCUT2D eigenvalue weighted by Crippen LogP contribution is -2.50. The lowest BCUT2D eigenvalue weighted by atomic mass is 10.1. The van der Waals surface area contributed by atoms with Gasteiger partial charge in [-0.2, -0.15) is 9.40 Å². The van der Waals surface area contributed by atoms with Crippen LogP contribution in [0.3, 0.4) is 0 Å². The summed E-state index contributed by atoms with van der Waals surface area (Å²) in [6, 6.07) is 14.7. The molecule has 1 fully saturated rings. The molecule has 3 aromatic rings. The highest BCUT2D eigenvalue weighted by Crippen LogP contribution is 2.24. The minimum Gasteiger partial charge on any atom is -0.335 e. The van der Waals surface area contributed by atoms with E-state index in [2.05, 4.69) is 26.1 Å². The highest BCUT2D eigenvalue weighted by atomic mass is 79.9. The molecule has 0 aliphatic carbocycles. The molecule has 1 aromatic heterocycles. The lowest BCUT2D eigenvalue weighted by Gasteiger charge is -2.34. The van der Waals surface area contributed by atoms with Crippen LogP contribution in [-0.2, 0) is 10.0 Å². The third-order valence-electron chi connectivity index (χ3n) is 5.42. The lowest BCUT2D eigenvalue weighted by molar-refractivity contribution is 0.0692. The van der Waals surface area contributed by atoms with Gasteiger partial charge in [-0.05, 0) is 43.7 Å². The van der Waals surface area contributed by atoms with Gasteiger partial charge in [0.2, 0.25) is 10.0 Å². The summed E-state index contributed by atoms with van der Waals surface area (Å²) in [7, 11) is -3.59. The number of aryl methyl sites for hydroxylation is 2. The van der Waals surface area contributed by atoms with Crippen molar-refractivity contribution >= 4 is 31.9 Å². The summed E-state index contributed by atoms with van der Waals surface area (Å²) < 4.78 is 28.5. The first-order valence-electron chi connectivity index (χ1n) is 9.94. The molecular formula is C22H23BrN4O3S. The van der Waals surface area contributed by atoms with Gasteiger partial charge in [0.25, 0.3) is 5.91 Å². The molecule has 1 saturated heterocycles. The fraction of sp³-hybridized carbons (Fsp3) is 0.273. The maximum Gasteiger partial charge on any atom is 0.271 e. The van der Waals surface area contributed by atoms with Crippen molar-refractivity contribution in [3.8, 4) is 11.3 Å². The molecule has 7 nitrogen and oxygen atoms in total. The molecule has 1 aliphatic rings. The van der Waals surface area contributed by atoms with E-state index in [1.54, 1.807) is 30.0 Å². The molecular weight excluding hydrogens is 480 g/mol. The van der Waals surface area contributed by atoms with E-state index in [4.69, 9.17) is 0 Å². The predicted molar refractivity (Wildman–Crippen MR) is 122 cm³/mol. The smallest absolute Gasteiger partial charge is 0.271 e. The number of benzene rings is 2. The van der Waals surface area contributed by atoms with E-state index in [0.29, 0.717) is 29.4 Å². The number of H-pyrrole nitrogens is 1. The van der Waals surface area contributed by atoms with Crippen LogP contribution >= 0.6 is 15.9 Å². The Morgan fingerprint density at radius 2 is 1.68 bits per heavy atom. The van der Waals surface area contributed by atoms with E-state index in [0.717, 1.165) is 21.2 Å². The normalized spacial score (nSPS) is 15.3. The van der Waals surface area contributed by atoms with Crippen LogP contribution < -0.4 is 0 Å². The molecule has 0 saturated carbocycles. The first kappa shape index (κ1) is 21.7. The number of nitrogens with one attached hydrogen (secondary N) is 1. The predicted octanol–water partition coefficient (Wildman–Crippen LogP) is 3.60. The third kappa shape index (κ3) is 4.44. The number of aromatic nitrogens is 2. The summed E-state index contributed by atoms with van der Waals surface area (Å²) in [5.74, 6) is -0.181. The zero-order valence-electron chi connectivity index (χ0n) is 17.3. The van der Waals surface area contributed by atoms with Gasteiger partial charge < -0.3 is 4.90 Å². The molecule has 0 radical (unpaired) electrons. The molecule has 31 heavy (non-hydrogen) atoms. The Morgan fingerprint density at radius 3 is 2.32 bits per heavy atom. The Bertz CT molecular complexity index is 1210. The monoisotopic (exact) mass is 502 g/mol. The molecule has 1 amide bonds. The summed E-state index contributed by atoms with van der Waals surface area (Å²) in [5, 5.41) is 7.06. The Morgan fingerprint density at radius 1 is 1.00 bits per heavy atom. The highest BCUT2D eigenvalue weighted by Gasteiger charge is 2.31. The molecule has 0 bridgehead atoms. The van der Waals surface area contributed by atoms with Crippen LogP contribution in [0, 0.1) is 13.8 Å². The highest BCUT2D eigenvalue weighted by molar-refractivity contribution is 9.10. The zero-order chi connectivity index (χ0) is 22.2. The quantitative estimate of drug-likeness (QED) is 0.590. The SMILES string of the molecule is Cc1ccc(S(=O)(=O)N2CCN(C(=O)c3cc(-c4ccc(Br)cc4)n[nH]3)CC2)c(C)c1. The fourth-order valence-corrected chi connectivity index (χ4v) is 5.62. The molecule has 2 aromatic carbocycles. The second-order valence-electron chi connectivity index (χ2n) is 7.64. The summed E-state index contributed by atoms with van der Waals surface area (Å²) in [6.45, 7) is 4.92. The average Bonchev–Trinajstić information content (AvgIpc) is 3.24. The van der Waals surface area contributed by atoms with E-state index in [-0.39, 0.29) is 19.0 Å². The van der Waals surface area contributed by atoms with Gasteiger partial charge in [-0.3, -0.25) is 9.89 Å². The number of carbonyl (C=O) groups excluding carboxylic acids is 1. The van der Waals surface area contributed by atoms with Crippen molar-refractivity contribution in [2.75, 3.05) is 26.2 Å². The molecule has 0 atom stereocenters. The zero-order valence-corrected chi connectivity index (χ0v) is 19.7. The van der Waals surface area contributed by atoms with Gasteiger partial charge in [0.05, 0.1) is 10.6 Å². The number of hydrogen-bond donors (Lipinski definition) is 1. The van der Waals surface area contributed by atoms with Gasteiger partial charge >= 0.3 is 0 Å². The Kier molecular flexibility index (Phi) is 6.00. The number of sulfonamides is 1. The van der Waals surface area contributed by atoms with Crippen molar-refractivity contribution in [2.45, 2.75) is 18.7 Å². The maximum absolute atomic E-state index is 13.1. The summed E-state index contributed by atoms with van der Waals surface area (Å²) in [5.41, 5.74) is 3.74. The molecule has 2 heterocycles. The summed E-state index contributed by atoms with van der Waals surface area (Å²) >= 11 is 3.40. The van der Waals surface area contributed by atoms with Crippen molar-refractivity contribution in [1.82, 2.24) is 19.4 Å². The molecule has 1 N–H and O–H groups in total. The number of carbonyl (C=O) groups is 1. The van der Waals surface area contributed by atoms with Gasteiger partial charge in [0.15, 0.2) is 0 Å². The number of aromatic amines is 1. The van der Waals surface area contributed by atoms with Crippen LogP contribution in [0.25, 0.3) is 11.3 Å². The van der Waals surface area contributed by atoms with Gasteiger partial charge in [-0.1, -0.05) is 45.8 Å². The van der Waals surface area contributed by atoms with Gasteiger partial charge in [-0.15, -0.1) is 0 Å². The first-order chi connectivity index (χ1) is 14.8.